The molecule has 0 aliphatic carbocycles. The van der Waals surface area contributed by atoms with Crippen LogP contribution in [0.4, 0.5) is 10.2 Å². The third kappa shape index (κ3) is 4.11. The molecule has 4 rings (SSSR count). The zero-order valence-electron chi connectivity index (χ0n) is 16.3. The van der Waals surface area contributed by atoms with Gasteiger partial charge in [0.2, 0.25) is 0 Å². The molecule has 0 bridgehead atoms. The molecule has 7 nitrogen and oxygen atoms in total. The Morgan fingerprint density at radius 2 is 2.18 bits per heavy atom. The monoisotopic (exact) mass is 383 g/mol. The van der Waals surface area contributed by atoms with Gasteiger partial charge in [0, 0.05) is 37.2 Å². The number of pyridine rings is 1. The molecule has 2 N–H and O–H groups in total. The maximum atomic E-state index is 15.0. The van der Waals surface area contributed by atoms with Crippen LogP contribution in [0, 0.1) is 5.92 Å². The summed E-state index contributed by atoms with van der Waals surface area (Å²) in [7, 11) is 0. The van der Waals surface area contributed by atoms with Crippen molar-refractivity contribution >= 4 is 16.9 Å². The first-order valence-corrected chi connectivity index (χ1v) is 9.80. The van der Waals surface area contributed by atoms with E-state index in [0.29, 0.717) is 30.2 Å². The highest BCUT2D eigenvalue weighted by molar-refractivity contribution is 5.88. The molecular weight excluding hydrogens is 357 g/mol. The summed E-state index contributed by atoms with van der Waals surface area (Å²) >= 11 is 0. The summed E-state index contributed by atoms with van der Waals surface area (Å²) < 4.78 is 16.9. The summed E-state index contributed by atoms with van der Waals surface area (Å²) in [6, 6.07) is 1.90. The topological polar surface area (TPSA) is 80.5 Å². The maximum Gasteiger partial charge on any atom is 0.155 e. The Morgan fingerprint density at radius 3 is 2.96 bits per heavy atom. The van der Waals surface area contributed by atoms with Gasteiger partial charge in [-0.25, -0.2) is 14.4 Å². The van der Waals surface area contributed by atoms with Gasteiger partial charge in [0.05, 0.1) is 24.0 Å². The lowest BCUT2D eigenvalue weighted by Gasteiger charge is -2.30. The third-order valence-corrected chi connectivity index (χ3v) is 4.93. The van der Waals surface area contributed by atoms with Gasteiger partial charge in [0.25, 0.3) is 0 Å². The number of nitrogens with zero attached hydrogens (tertiary/aromatic N) is 5. The van der Waals surface area contributed by atoms with Crippen molar-refractivity contribution in [3.63, 3.8) is 0 Å². The number of piperidine rings is 1. The van der Waals surface area contributed by atoms with Gasteiger partial charge in [-0.2, -0.15) is 5.10 Å². The standard InChI is InChI=1S/C20H26FN7/c1-14(2)10-28-11-15(9-26-28)16-8-17-18(24-7-6-23-17)19(27-16)25-13-20(21)4-3-5-22-12-20/h6-9,11,14,22H,3-5,10,12-13H2,1-2H3,(H,25,27). The number of anilines is 1. The van der Waals surface area contributed by atoms with E-state index in [1.165, 1.54) is 0 Å². The number of aromatic nitrogens is 5. The van der Waals surface area contributed by atoms with Crippen LogP contribution < -0.4 is 10.6 Å². The molecule has 4 heterocycles. The van der Waals surface area contributed by atoms with Crippen LogP contribution in [-0.2, 0) is 6.54 Å². The molecule has 0 aromatic carbocycles. The predicted octanol–water partition coefficient (Wildman–Crippen LogP) is 3.05. The van der Waals surface area contributed by atoms with E-state index in [1.54, 1.807) is 18.6 Å². The molecule has 1 saturated heterocycles. The van der Waals surface area contributed by atoms with Gasteiger partial charge in [-0.15, -0.1) is 0 Å². The summed E-state index contributed by atoms with van der Waals surface area (Å²) in [5.74, 6) is 1.06. The van der Waals surface area contributed by atoms with E-state index in [0.717, 1.165) is 36.3 Å². The minimum Gasteiger partial charge on any atom is -0.365 e. The second-order valence-electron chi connectivity index (χ2n) is 7.91. The fraction of sp³-hybridized carbons (Fsp3) is 0.500. The van der Waals surface area contributed by atoms with Gasteiger partial charge in [-0.05, 0) is 31.4 Å². The quantitative estimate of drug-likeness (QED) is 0.681. The van der Waals surface area contributed by atoms with Gasteiger partial charge in [0.1, 0.15) is 11.2 Å². The van der Waals surface area contributed by atoms with Crippen molar-refractivity contribution in [2.75, 3.05) is 25.0 Å². The Morgan fingerprint density at radius 1 is 1.32 bits per heavy atom. The molecule has 1 atom stereocenters. The van der Waals surface area contributed by atoms with Gasteiger partial charge in [-0.1, -0.05) is 13.8 Å². The SMILES string of the molecule is CC(C)Cn1cc(-c2cc3nccnc3c(NCC3(F)CCCNC3)n2)cn1. The summed E-state index contributed by atoms with van der Waals surface area (Å²) in [5.41, 5.74) is 1.74. The first kappa shape index (κ1) is 18.7. The number of hydrogen-bond acceptors (Lipinski definition) is 6. The molecule has 3 aromatic rings. The summed E-state index contributed by atoms with van der Waals surface area (Å²) in [6.07, 6.45) is 8.44. The highest BCUT2D eigenvalue weighted by Gasteiger charge is 2.31. The van der Waals surface area contributed by atoms with Crippen LogP contribution in [-0.4, -0.2) is 50.0 Å². The Hall–Kier alpha value is -2.61. The van der Waals surface area contributed by atoms with Crippen LogP contribution in [0.25, 0.3) is 22.3 Å². The number of fused-ring (bicyclic) bond motifs is 1. The van der Waals surface area contributed by atoms with Gasteiger partial charge in [0.15, 0.2) is 5.82 Å². The van der Waals surface area contributed by atoms with Crippen molar-refractivity contribution in [2.45, 2.75) is 38.9 Å². The molecule has 1 aliphatic heterocycles. The lowest BCUT2D eigenvalue weighted by atomic mass is 9.96. The number of hydrogen-bond donors (Lipinski definition) is 2. The largest absolute Gasteiger partial charge is 0.365 e. The van der Waals surface area contributed by atoms with Gasteiger partial charge in [-0.3, -0.25) is 9.67 Å². The second kappa shape index (κ2) is 7.79. The third-order valence-electron chi connectivity index (χ3n) is 4.93. The average molecular weight is 383 g/mol. The Balaban J connectivity index is 1.64. The zero-order chi connectivity index (χ0) is 19.6. The normalized spacial score (nSPS) is 20.0. The summed E-state index contributed by atoms with van der Waals surface area (Å²) in [4.78, 5) is 13.5. The highest BCUT2D eigenvalue weighted by Crippen LogP contribution is 2.27. The van der Waals surface area contributed by atoms with E-state index in [9.17, 15) is 0 Å². The molecule has 1 fully saturated rings. The van der Waals surface area contributed by atoms with E-state index in [2.05, 4.69) is 39.5 Å². The fourth-order valence-corrected chi connectivity index (χ4v) is 3.54. The minimum absolute atomic E-state index is 0.189. The van der Waals surface area contributed by atoms with Crippen LogP contribution in [0.15, 0.2) is 30.9 Å². The predicted molar refractivity (Wildman–Crippen MR) is 108 cm³/mol. The first-order chi connectivity index (χ1) is 13.5. The Kier molecular flexibility index (Phi) is 5.21. The number of nitrogens with one attached hydrogen (secondary N) is 2. The van der Waals surface area contributed by atoms with Crippen LogP contribution in [0.1, 0.15) is 26.7 Å². The maximum absolute atomic E-state index is 15.0. The van der Waals surface area contributed by atoms with Crippen LogP contribution >= 0.6 is 0 Å². The lowest BCUT2D eigenvalue weighted by molar-refractivity contribution is 0.137. The number of halogens is 1. The molecule has 0 radical (unpaired) electrons. The van der Waals surface area contributed by atoms with Crippen molar-refractivity contribution in [1.29, 1.82) is 0 Å². The molecule has 3 aromatic heterocycles. The van der Waals surface area contributed by atoms with E-state index >= 15 is 4.39 Å². The smallest absolute Gasteiger partial charge is 0.155 e. The molecule has 0 amide bonds. The van der Waals surface area contributed by atoms with Crippen molar-refractivity contribution in [2.24, 2.45) is 5.92 Å². The van der Waals surface area contributed by atoms with E-state index in [1.807, 2.05) is 16.9 Å². The molecule has 1 unspecified atom stereocenters. The molecule has 1 aliphatic rings. The molecule has 8 heteroatoms. The Bertz CT molecular complexity index is 947. The molecular formula is C20H26FN7. The van der Waals surface area contributed by atoms with E-state index in [4.69, 9.17) is 4.98 Å². The number of rotatable bonds is 6. The molecule has 0 spiro atoms. The molecule has 28 heavy (non-hydrogen) atoms. The first-order valence-electron chi connectivity index (χ1n) is 9.80. The average Bonchev–Trinajstić information content (AvgIpc) is 3.14. The molecule has 0 saturated carbocycles. The zero-order valence-corrected chi connectivity index (χ0v) is 16.3. The van der Waals surface area contributed by atoms with Crippen molar-refractivity contribution < 1.29 is 4.39 Å². The van der Waals surface area contributed by atoms with Crippen LogP contribution in [0.5, 0.6) is 0 Å². The highest BCUT2D eigenvalue weighted by atomic mass is 19.1. The fourth-order valence-electron chi connectivity index (χ4n) is 3.54. The Labute approximate surface area is 163 Å². The van der Waals surface area contributed by atoms with E-state index < -0.39 is 5.67 Å². The van der Waals surface area contributed by atoms with Gasteiger partial charge >= 0.3 is 0 Å². The summed E-state index contributed by atoms with van der Waals surface area (Å²) in [6.45, 7) is 6.56. The van der Waals surface area contributed by atoms with E-state index in [-0.39, 0.29) is 6.54 Å². The van der Waals surface area contributed by atoms with Crippen molar-refractivity contribution in [1.82, 2.24) is 30.0 Å². The minimum atomic E-state index is -1.29. The van der Waals surface area contributed by atoms with Crippen molar-refractivity contribution in [3.05, 3.63) is 30.9 Å². The van der Waals surface area contributed by atoms with Crippen LogP contribution in [0.2, 0.25) is 0 Å². The van der Waals surface area contributed by atoms with Crippen molar-refractivity contribution in [3.8, 4) is 11.3 Å². The summed E-state index contributed by atoms with van der Waals surface area (Å²) in [5, 5.41) is 10.7. The van der Waals surface area contributed by atoms with Crippen LogP contribution in [0.3, 0.4) is 0 Å². The second-order valence-corrected chi connectivity index (χ2v) is 7.91. The molecule has 148 valence electrons. The lowest BCUT2D eigenvalue weighted by Crippen LogP contribution is -2.46. The number of alkyl halides is 1. The van der Waals surface area contributed by atoms with Gasteiger partial charge < -0.3 is 10.6 Å².